The number of halogens is 1. The van der Waals surface area contributed by atoms with Gasteiger partial charge in [-0.2, -0.15) is 10.2 Å². The minimum Gasteiger partial charge on any atom is -0.265 e. The summed E-state index contributed by atoms with van der Waals surface area (Å²) >= 11 is 0. The molecule has 1 aliphatic carbocycles. The lowest BCUT2D eigenvalue weighted by molar-refractivity contribution is 0.0949. The molecule has 130 valence electrons. The van der Waals surface area contributed by atoms with Gasteiger partial charge in [0.25, 0.3) is 5.91 Å². The van der Waals surface area contributed by atoms with Crippen molar-refractivity contribution in [3.05, 3.63) is 82.9 Å². The number of para-hydroxylation sites is 1. The van der Waals surface area contributed by atoms with Crippen molar-refractivity contribution in [3.63, 3.8) is 0 Å². The van der Waals surface area contributed by atoms with Crippen LogP contribution in [0.25, 0.3) is 5.69 Å². The monoisotopic (exact) mass is 348 g/mol. The number of nitrogens with one attached hydrogen (secondary N) is 1. The zero-order valence-electron chi connectivity index (χ0n) is 14.0. The normalized spacial score (nSPS) is 13.1. The second-order valence-electron chi connectivity index (χ2n) is 6.10. The molecule has 0 radical (unpaired) electrons. The highest BCUT2D eigenvalue weighted by Gasteiger charge is 2.26. The molecular formula is C20H17FN4O. The molecule has 6 heteroatoms. The van der Waals surface area contributed by atoms with E-state index in [9.17, 15) is 9.18 Å². The SMILES string of the molecule is O=C(N/N=C/c1ccccc1F)c1nn(-c2ccccc2)c2c1CCC2. The van der Waals surface area contributed by atoms with Crippen LogP contribution in [0.15, 0.2) is 59.7 Å². The van der Waals surface area contributed by atoms with Gasteiger partial charge in [-0.3, -0.25) is 4.79 Å². The fraction of sp³-hybridized carbons (Fsp3) is 0.150. The Bertz CT molecular complexity index is 979. The summed E-state index contributed by atoms with van der Waals surface area (Å²) in [6, 6.07) is 16.0. The van der Waals surface area contributed by atoms with E-state index in [2.05, 4.69) is 15.6 Å². The Hall–Kier alpha value is -3.28. The van der Waals surface area contributed by atoms with Crippen LogP contribution in [0.2, 0.25) is 0 Å². The number of aromatic nitrogens is 2. The minimum absolute atomic E-state index is 0.313. The predicted octanol–water partition coefficient (Wildman–Crippen LogP) is 3.26. The summed E-state index contributed by atoms with van der Waals surface area (Å²) in [4.78, 5) is 12.5. The second kappa shape index (κ2) is 6.92. The van der Waals surface area contributed by atoms with Gasteiger partial charge >= 0.3 is 0 Å². The largest absolute Gasteiger partial charge is 0.292 e. The predicted molar refractivity (Wildman–Crippen MR) is 97.0 cm³/mol. The summed E-state index contributed by atoms with van der Waals surface area (Å²) in [5, 5.41) is 8.37. The van der Waals surface area contributed by atoms with Gasteiger partial charge in [-0.25, -0.2) is 14.5 Å². The van der Waals surface area contributed by atoms with E-state index in [0.717, 1.165) is 36.2 Å². The number of fused-ring (bicyclic) bond motifs is 1. The molecule has 1 N–H and O–H groups in total. The van der Waals surface area contributed by atoms with Crippen LogP contribution in [0.5, 0.6) is 0 Å². The van der Waals surface area contributed by atoms with Crippen LogP contribution < -0.4 is 5.43 Å². The van der Waals surface area contributed by atoms with Gasteiger partial charge in [0.1, 0.15) is 5.82 Å². The van der Waals surface area contributed by atoms with E-state index in [-0.39, 0.29) is 11.7 Å². The Kier molecular flexibility index (Phi) is 4.31. The zero-order chi connectivity index (χ0) is 17.9. The van der Waals surface area contributed by atoms with Crippen LogP contribution in [0.1, 0.15) is 33.7 Å². The Morgan fingerprint density at radius 3 is 2.69 bits per heavy atom. The van der Waals surface area contributed by atoms with Crippen molar-refractivity contribution in [1.29, 1.82) is 0 Å². The topological polar surface area (TPSA) is 59.3 Å². The summed E-state index contributed by atoms with van der Waals surface area (Å²) in [5.41, 5.74) is 6.12. The number of carbonyl (C=O) groups is 1. The maximum atomic E-state index is 13.6. The third-order valence-corrected chi connectivity index (χ3v) is 4.42. The Balaban J connectivity index is 1.58. The van der Waals surface area contributed by atoms with Crippen molar-refractivity contribution in [2.75, 3.05) is 0 Å². The first-order valence-corrected chi connectivity index (χ1v) is 8.48. The summed E-state index contributed by atoms with van der Waals surface area (Å²) < 4.78 is 15.4. The minimum atomic E-state index is -0.389. The number of hydrogen-bond acceptors (Lipinski definition) is 3. The number of carbonyl (C=O) groups excluding carboxylic acids is 1. The molecule has 0 spiro atoms. The van der Waals surface area contributed by atoms with Crippen molar-refractivity contribution >= 4 is 12.1 Å². The summed E-state index contributed by atoms with van der Waals surface area (Å²) in [6.07, 6.45) is 4.01. The zero-order valence-corrected chi connectivity index (χ0v) is 14.0. The van der Waals surface area contributed by atoms with E-state index in [1.54, 1.807) is 18.2 Å². The Labute approximate surface area is 150 Å². The summed E-state index contributed by atoms with van der Waals surface area (Å²) in [6.45, 7) is 0. The van der Waals surface area contributed by atoms with E-state index in [0.29, 0.717) is 11.3 Å². The van der Waals surface area contributed by atoms with Crippen LogP contribution in [0.4, 0.5) is 4.39 Å². The molecule has 4 rings (SSSR count). The van der Waals surface area contributed by atoms with Gasteiger partial charge in [0, 0.05) is 16.8 Å². The molecule has 1 heterocycles. The molecule has 5 nitrogen and oxygen atoms in total. The molecule has 0 saturated carbocycles. The molecule has 1 amide bonds. The number of rotatable bonds is 4. The van der Waals surface area contributed by atoms with Crippen molar-refractivity contribution < 1.29 is 9.18 Å². The van der Waals surface area contributed by atoms with Gasteiger partial charge in [-0.05, 0) is 37.5 Å². The molecule has 0 atom stereocenters. The average Bonchev–Trinajstić information content (AvgIpc) is 3.26. The summed E-state index contributed by atoms with van der Waals surface area (Å²) in [5.74, 6) is -0.773. The van der Waals surface area contributed by atoms with Crippen LogP contribution in [-0.2, 0) is 12.8 Å². The maximum Gasteiger partial charge on any atom is 0.292 e. The van der Waals surface area contributed by atoms with E-state index >= 15 is 0 Å². The highest BCUT2D eigenvalue weighted by Crippen LogP contribution is 2.27. The van der Waals surface area contributed by atoms with Crippen LogP contribution in [0.3, 0.4) is 0 Å². The lowest BCUT2D eigenvalue weighted by atomic mass is 10.2. The van der Waals surface area contributed by atoms with Gasteiger partial charge in [0.15, 0.2) is 5.69 Å². The van der Waals surface area contributed by atoms with E-state index in [1.807, 2.05) is 35.0 Å². The number of hydrazone groups is 1. The van der Waals surface area contributed by atoms with Crippen molar-refractivity contribution in [1.82, 2.24) is 15.2 Å². The highest BCUT2D eigenvalue weighted by molar-refractivity contribution is 5.95. The first kappa shape index (κ1) is 16.2. The molecule has 1 aliphatic rings. The number of benzene rings is 2. The molecule has 2 aromatic carbocycles. The van der Waals surface area contributed by atoms with Crippen molar-refractivity contribution in [3.8, 4) is 5.69 Å². The molecule has 0 fully saturated rings. The molecule has 0 saturated heterocycles. The molecule has 3 aromatic rings. The van der Waals surface area contributed by atoms with E-state index < -0.39 is 0 Å². The van der Waals surface area contributed by atoms with E-state index in [4.69, 9.17) is 0 Å². The lowest BCUT2D eigenvalue weighted by Crippen LogP contribution is -2.20. The van der Waals surface area contributed by atoms with Crippen molar-refractivity contribution in [2.24, 2.45) is 5.10 Å². The van der Waals surface area contributed by atoms with E-state index in [1.165, 1.54) is 12.3 Å². The van der Waals surface area contributed by atoms with Gasteiger partial charge in [0.2, 0.25) is 0 Å². The highest BCUT2D eigenvalue weighted by atomic mass is 19.1. The number of nitrogens with zero attached hydrogens (tertiary/aromatic N) is 3. The maximum absolute atomic E-state index is 13.6. The third kappa shape index (κ3) is 3.01. The first-order valence-electron chi connectivity index (χ1n) is 8.48. The van der Waals surface area contributed by atoms with Gasteiger partial charge in [-0.1, -0.05) is 36.4 Å². The van der Waals surface area contributed by atoms with Crippen LogP contribution >= 0.6 is 0 Å². The first-order chi connectivity index (χ1) is 12.7. The Morgan fingerprint density at radius 2 is 1.88 bits per heavy atom. The smallest absolute Gasteiger partial charge is 0.265 e. The average molecular weight is 348 g/mol. The molecule has 0 aliphatic heterocycles. The van der Waals surface area contributed by atoms with Crippen LogP contribution in [-0.4, -0.2) is 21.9 Å². The number of hydrogen-bond donors (Lipinski definition) is 1. The third-order valence-electron chi connectivity index (χ3n) is 4.42. The summed E-state index contributed by atoms with van der Waals surface area (Å²) in [7, 11) is 0. The molecular weight excluding hydrogens is 331 g/mol. The molecule has 0 unspecified atom stereocenters. The van der Waals surface area contributed by atoms with Gasteiger partial charge in [-0.15, -0.1) is 0 Å². The van der Waals surface area contributed by atoms with Crippen molar-refractivity contribution in [2.45, 2.75) is 19.3 Å². The quantitative estimate of drug-likeness (QED) is 0.581. The fourth-order valence-electron chi connectivity index (χ4n) is 3.20. The fourth-order valence-corrected chi connectivity index (χ4v) is 3.20. The second-order valence-corrected chi connectivity index (χ2v) is 6.10. The van der Waals surface area contributed by atoms with Crippen LogP contribution in [0, 0.1) is 5.82 Å². The molecule has 26 heavy (non-hydrogen) atoms. The van der Waals surface area contributed by atoms with Gasteiger partial charge in [0.05, 0.1) is 11.9 Å². The van der Waals surface area contributed by atoms with Gasteiger partial charge < -0.3 is 0 Å². The Morgan fingerprint density at radius 1 is 1.12 bits per heavy atom. The standard InChI is InChI=1S/C20H17FN4O/c21-17-11-5-4-7-14(17)13-22-23-20(26)19-16-10-6-12-18(16)25(24-19)15-8-2-1-3-9-15/h1-5,7-9,11,13H,6,10,12H2,(H,23,26)/b22-13+. The molecule has 0 bridgehead atoms. The number of amides is 1. The lowest BCUT2D eigenvalue weighted by Gasteiger charge is -2.04. The molecule has 1 aromatic heterocycles.